The Bertz CT molecular complexity index is 417. The summed E-state index contributed by atoms with van der Waals surface area (Å²) in [4.78, 5) is 23.1. The van der Waals surface area contributed by atoms with Gasteiger partial charge in [-0.15, -0.1) is 11.8 Å². The van der Waals surface area contributed by atoms with Gasteiger partial charge in [-0.25, -0.2) is 4.39 Å². The van der Waals surface area contributed by atoms with Crippen LogP contribution in [-0.4, -0.2) is 29.4 Å². The van der Waals surface area contributed by atoms with Gasteiger partial charge in [-0.3, -0.25) is 9.59 Å². The van der Waals surface area contributed by atoms with Crippen LogP contribution >= 0.6 is 11.8 Å². The van der Waals surface area contributed by atoms with Crippen LogP contribution in [0, 0.1) is 5.82 Å². The Balaban J connectivity index is 2.51. The minimum atomic E-state index is -0.377. The molecule has 0 aliphatic rings. The molecule has 0 spiro atoms. The van der Waals surface area contributed by atoms with Crippen molar-refractivity contribution in [2.24, 2.45) is 0 Å². The molecule has 0 aromatic heterocycles. The van der Waals surface area contributed by atoms with Crippen molar-refractivity contribution in [3.8, 4) is 0 Å². The fraction of sp³-hybridized carbons (Fsp3) is 0.385. The monoisotopic (exact) mass is 270 g/mol. The van der Waals surface area contributed by atoms with Gasteiger partial charge in [-0.2, -0.15) is 0 Å². The van der Waals surface area contributed by atoms with E-state index in [1.807, 2.05) is 0 Å². The van der Waals surface area contributed by atoms with Crippen molar-refractivity contribution in [1.29, 1.82) is 0 Å². The second-order valence-electron chi connectivity index (χ2n) is 3.63. The summed E-state index contributed by atoms with van der Waals surface area (Å²) in [7, 11) is 0. The van der Waals surface area contributed by atoms with Gasteiger partial charge < -0.3 is 4.74 Å². The molecule has 0 aliphatic heterocycles. The first-order valence-electron chi connectivity index (χ1n) is 5.61. The van der Waals surface area contributed by atoms with Gasteiger partial charge >= 0.3 is 5.97 Å². The fourth-order valence-electron chi connectivity index (χ4n) is 1.32. The van der Waals surface area contributed by atoms with E-state index in [1.165, 1.54) is 36.0 Å². The molecule has 1 unspecified atom stereocenters. The van der Waals surface area contributed by atoms with E-state index in [2.05, 4.69) is 0 Å². The van der Waals surface area contributed by atoms with Gasteiger partial charge in [0, 0.05) is 5.56 Å². The first-order chi connectivity index (χ1) is 8.54. The predicted octanol–water partition coefficient (Wildman–Crippen LogP) is 2.69. The fourth-order valence-corrected chi connectivity index (χ4v) is 2.08. The van der Waals surface area contributed by atoms with Gasteiger partial charge in [-0.1, -0.05) is 0 Å². The van der Waals surface area contributed by atoms with E-state index >= 15 is 0 Å². The molecule has 5 heteroatoms. The number of carbonyl (C=O) groups excluding carboxylic acids is 2. The van der Waals surface area contributed by atoms with Crippen LogP contribution in [0.4, 0.5) is 4.39 Å². The van der Waals surface area contributed by atoms with Gasteiger partial charge in [0.2, 0.25) is 0 Å². The standard InChI is InChI=1S/C13H15FO3S/c1-3-17-12(15)8-18-9(2)13(16)10-4-6-11(14)7-5-10/h4-7,9H,3,8H2,1-2H3. The maximum Gasteiger partial charge on any atom is 0.315 e. The van der Waals surface area contributed by atoms with E-state index < -0.39 is 0 Å². The maximum absolute atomic E-state index is 12.7. The molecule has 0 bridgehead atoms. The van der Waals surface area contributed by atoms with Crippen molar-refractivity contribution in [3.05, 3.63) is 35.6 Å². The molecule has 0 aliphatic carbocycles. The zero-order chi connectivity index (χ0) is 13.5. The number of hydrogen-bond donors (Lipinski definition) is 0. The molecule has 0 fully saturated rings. The summed E-state index contributed by atoms with van der Waals surface area (Å²) in [6.45, 7) is 3.78. The highest BCUT2D eigenvalue weighted by molar-refractivity contribution is 8.01. The second-order valence-corrected chi connectivity index (χ2v) is 4.96. The second kappa shape index (κ2) is 7.16. The van der Waals surface area contributed by atoms with Crippen LogP contribution in [0.1, 0.15) is 24.2 Å². The topological polar surface area (TPSA) is 43.4 Å². The zero-order valence-electron chi connectivity index (χ0n) is 10.3. The number of hydrogen-bond acceptors (Lipinski definition) is 4. The third kappa shape index (κ3) is 4.49. The van der Waals surface area contributed by atoms with Gasteiger partial charge in [0.05, 0.1) is 17.6 Å². The number of esters is 1. The SMILES string of the molecule is CCOC(=O)CSC(C)C(=O)c1ccc(F)cc1. The predicted molar refractivity (Wildman–Crippen MR) is 69.3 cm³/mol. The summed E-state index contributed by atoms with van der Waals surface area (Å²) in [5.41, 5.74) is 0.445. The molecule has 1 atom stereocenters. The Hall–Kier alpha value is -1.36. The van der Waals surface area contributed by atoms with E-state index in [1.54, 1.807) is 13.8 Å². The van der Waals surface area contributed by atoms with Crippen molar-refractivity contribution < 1.29 is 18.7 Å². The quantitative estimate of drug-likeness (QED) is 0.589. The average molecular weight is 270 g/mol. The molecule has 3 nitrogen and oxygen atoms in total. The molecule has 1 aromatic carbocycles. The third-order valence-corrected chi connectivity index (χ3v) is 3.37. The Labute approximate surface area is 110 Å². The Morgan fingerprint density at radius 3 is 2.50 bits per heavy atom. The maximum atomic E-state index is 12.7. The summed E-state index contributed by atoms with van der Waals surface area (Å²) in [6, 6.07) is 5.38. The lowest BCUT2D eigenvalue weighted by Crippen LogP contribution is -2.17. The lowest BCUT2D eigenvalue weighted by atomic mass is 10.1. The molecule has 18 heavy (non-hydrogen) atoms. The van der Waals surface area contributed by atoms with Crippen LogP contribution in [0.3, 0.4) is 0 Å². The summed E-state index contributed by atoms with van der Waals surface area (Å²) >= 11 is 1.21. The summed E-state index contributed by atoms with van der Waals surface area (Å²) in [5, 5.41) is -0.361. The van der Waals surface area contributed by atoms with E-state index in [9.17, 15) is 14.0 Å². The van der Waals surface area contributed by atoms with Crippen molar-refractivity contribution in [2.75, 3.05) is 12.4 Å². The van der Waals surface area contributed by atoms with Crippen molar-refractivity contribution in [3.63, 3.8) is 0 Å². The van der Waals surface area contributed by atoms with Gasteiger partial charge in [0.25, 0.3) is 0 Å². The van der Waals surface area contributed by atoms with Crippen LogP contribution in [0.5, 0.6) is 0 Å². The van der Waals surface area contributed by atoms with Crippen LogP contribution in [-0.2, 0) is 9.53 Å². The number of carbonyl (C=O) groups is 2. The van der Waals surface area contributed by atoms with E-state index in [0.29, 0.717) is 12.2 Å². The minimum Gasteiger partial charge on any atom is -0.465 e. The van der Waals surface area contributed by atoms with Crippen LogP contribution in [0.2, 0.25) is 0 Å². The van der Waals surface area contributed by atoms with Crippen molar-refractivity contribution >= 4 is 23.5 Å². The molecule has 0 saturated heterocycles. The first-order valence-corrected chi connectivity index (χ1v) is 6.66. The highest BCUT2D eigenvalue weighted by Crippen LogP contribution is 2.16. The van der Waals surface area contributed by atoms with E-state index in [0.717, 1.165) is 0 Å². The normalized spacial score (nSPS) is 11.9. The zero-order valence-corrected chi connectivity index (χ0v) is 11.1. The molecule has 0 saturated carbocycles. The molecule has 1 aromatic rings. The molecule has 0 N–H and O–H groups in total. The van der Waals surface area contributed by atoms with Gasteiger partial charge in [0.1, 0.15) is 5.82 Å². The third-order valence-electron chi connectivity index (χ3n) is 2.25. The van der Waals surface area contributed by atoms with Gasteiger partial charge in [-0.05, 0) is 38.1 Å². The Morgan fingerprint density at radius 2 is 1.94 bits per heavy atom. The number of ether oxygens (including phenoxy) is 1. The first kappa shape index (κ1) is 14.7. The largest absolute Gasteiger partial charge is 0.465 e. The highest BCUT2D eigenvalue weighted by atomic mass is 32.2. The number of ketones is 1. The van der Waals surface area contributed by atoms with E-state index in [4.69, 9.17) is 4.74 Å². The number of rotatable bonds is 6. The van der Waals surface area contributed by atoms with Crippen molar-refractivity contribution in [2.45, 2.75) is 19.1 Å². The molecule has 98 valence electrons. The molecule has 1 rings (SSSR count). The van der Waals surface area contributed by atoms with Crippen LogP contribution < -0.4 is 0 Å². The van der Waals surface area contributed by atoms with Gasteiger partial charge in [0.15, 0.2) is 5.78 Å². The molecular weight excluding hydrogens is 255 g/mol. The Kier molecular flexibility index (Phi) is 5.85. The molecular formula is C13H15FO3S. The minimum absolute atomic E-state index is 0.121. The lowest BCUT2D eigenvalue weighted by Gasteiger charge is -2.09. The molecule has 0 radical (unpaired) electrons. The van der Waals surface area contributed by atoms with Crippen LogP contribution in [0.25, 0.3) is 0 Å². The summed E-state index contributed by atoms with van der Waals surface area (Å²) in [6.07, 6.45) is 0. The van der Waals surface area contributed by atoms with Crippen molar-refractivity contribution in [1.82, 2.24) is 0 Å². The number of thioether (sulfide) groups is 1. The van der Waals surface area contributed by atoms with E-state index in [-0.39, 0.29) is 28.6 Å². The van der Waals surface area contributed by atoms with Crippen LogP contribution in [0.15, 0.2) is 24.3 Å². The Morgan fingerprint density at radius 1 is 1.33 bits per heavy atom. The molecule has 0 heterocycles. The number of halogens is 1. The highest BCUT2D eigenvalue weighted by Gasteiger charge is 2.17. The smallest absolute Gasteiger partial charge is 0.315 e. The summed E-state index contributed by atoms with van der Waals surface area (Å²) in [5.74, 6) is -0.689. The lowest BCUT2D eigenvalue weighted by molar-refractivity contribution is -0.139. The summed E-state index contributed by atoms with van der Waals surface area (Å²) < 4.78 is 17.5. The average Bonchev–Trinajstić information content (AvgIpc) is 2.36. The number of benzene rings is 1. The number of Topliss-reactive ketones (excluding diaryl/α,β-unsaturated/α-hetero) is 1. The molecule has 0 amide bonds.